The topological polar surface area (TPSA) is 49.3 Å². The molecule has 2 rings (SSSR count). The van der Waals surface area contributed by atoms with E-state index in [0.29, 0.717) is 11.8 Å². The van der Waals surface area contributed by atoms with E-state index in [4.69, 9.17) is 5.11 Å². The summed E-state index contributed by atoms with van der Waals surface area (Å²) in [7, 11) is 0. The minimum Gasteiger partial charge on any atom is -0.480 e. The summed E-state index contributed by atoms with van der Waals surface area (Å²) in [6, 6.07) is 10.1. The van der Waals surface area contributed by atoms with Crippen molar-refractivity contribution in [1.29, 1.82) is 0 Å². The number of carboxylic acids is 1. The summed E-state index contributed by atoms with van der Waals surface area (Å²) >= 11 is 0. The van der Waals surface area contributed by atoms with E-state index in [1.165, 1.54) is 12.0 Å². The lowest BCUT2D eigenvalue weighted by Crippen LogP contribution is -2.37. The van der Waals surface area contributed by atoms with Crippen LogP contribution >= 0.6 is 0 Å². The van der Waals surface area contributed by atoms with Gasteiger partial charge in [-0.05, 0) is 36.8 Å². The van der Waals surface area contributed by atoms with E-state index in [1.54, 1.807) is 0 Å². The van der Waals surface area contributed by atoms with Gasteiger partial charge in [0.15, 0.2) is 0 Å². The number of aliphatic carboxylic acids is 1. The highest BCUT2D eigenvalue weighted by Gasteiger charge is 2.38. The minimum absolute atomic E-state index is 0.378. The molecule has 0 heterocycles. The van der Waals surface area contributed by atoms with Gasteiger partial charge < -0.3 is 10.4 Å². The van der Waals surface area contributed by atoms with E-state index in [1.807, 2.05) is 6.07 Å². The van der Waals surface area contributed by atoms with Crippen LogP contribution in [-0.4, -0.2) is 23.7 Å². The van der Waals surface area contributed by atoms with Crippen molar-refractivity contribution in [2.45, 2.75) is 44.6 Å². The van der Waals surface area contributed by atoms with Crippen molar-refractivity contribution >= 4 is 5.97 Å². The van der Waals surface area contributed by atoms with Crippen molar-refractivity contribution in [2.24, 2.45) is 5.92 Å². The Kier molecular flexibility index (Phi) is 4.97. The van der Waals surface area contributed by atoms with Gasteiger partial charge in [-0.25, -0.2) is 0 Å². The third-order valence-electron chi connectivity index (χ3n) is 3.92. The zero-order chi connectivity index (χ0) is 13.7. The first-order chi connectivity index (χ1) is 9.22. The van der Waals surface area contributed by atoms with Gasteiger partial charge in [0.1, 0.15) is 6.04 Å². The number of benzene rings is 1. The molecule has 3 heteroatoms. The number of hydrogen-bond donors (Lipinski definition) is 2. The third kappa shape index (κ3) is 4.06. The summed E-state index contributed by atoms with van der Waals surface area (Å²) in [4.78, 5) is 11.1. The Hall–Kier alpha value is -1.35. The Morgan fingerprint density at radius 3 is 2.79 bits per heavy atom. The predicted molar refractivity (Wildman–Crippen MR) is 76.2 cm³/mol. The van der Waals surface area contributed by atoms with Gasteiger partial charge in [0.2, 0.25) is 0 Å². The molecule has 0 radical (unpaired) electrons. The summed E-state index contributed by atoms with van der Waals surface area (Å²) in [6.07, 6.45) is 3.92. The Labute approximate surface area is 115 Å². The molecule has 0 unspecified atom stereocenters. The first kappa shape index (κ1) is 14.1. The molecule has 1 aromatic carbocycles. The Bertz CT molecular complexity index is 404. The number of carbonyl (C=O) groups is 1. The van der Waals surface area contributed by atoms with Crippen molar-refractivity contribution in [3.63, 3.8) is 0 Å². The molecule has 0 saturated heterocycles. The highest BCUT2D eigenvalue weighted by Crippen LogP contribution is 2.46. The Balaban J connectivity index is 1.76. The van der Waals surface area contributed by atoms with Crippen LogP contribution in [0.3, 0.4) is 0 Å². The van der Waals surface area contributed by atoms with Crippen molar-refractivity contribution in [1.82, 2.24) is 5.32 Å². The molecule has 2 N–H and O–H groups in total. The number of unbranched alkanes of at least 4 members (excludes halogenated alkanes) is 1. The van der Waals surface area contributed by atoms with Crippen molar-refractivity contribution in [3.05, 3.63) is 35.9 Å². The van der Waals surface area contributed by atoms with E-state index in [-0.39, 0.29) is 6.04 Å². The summed E-state index contributed by atoms with van der Waals surface area (Å²) in [5, 5.41) is 12.4. The average Bonchev–Trinajstić information content (AvgIpc) is 3.19. The monoisotopic (exact) mass is 261 g/mol. The predicted octanol–water partition coefficient (Wildman–Crippen LogP) is 3.02. The molecule has 0 spiro atoms. The molecular formula is C16H23NO2. The summed E-state index contributed by atoms with van der Waals surface area (Å²) in [5.74, 6) is 0.505. The van der Waals surface area contributed by atoms with Gasteiger partial charge >= 0.3 is 5.97 Å². The van der Waals surface area contributed by atoms with Crippen molar-refractivity contribution < 1.29 is 9.90 Å². The highest BCUT2D eigenvalue weighted by atomic mass is 16.4. The maximum absolute atomic E-state index is 11.1. The van der Waals surface area contributed by atoms with Gasteiger partial charge in [0, 0.05) is 0 Å². The quantitative estimate of drug-likeness (QED) is 0.756. The zero-order valence-corrected chi connectivity index (χ0v) is 11.5. The number of hydrogen-bond acceptors (Lipinski definition) is 2. The second-order valence-corrected chi connectivity index (χ2v) is 5.45. The van der Waals surface area contributed by atoms with Gasteiger partial charge in [0.05, 0.1) is 0 Å². The maximum atomic E-state index is 11.1. The van der Waals surface area contributed by atoms with Crippen LogP contribution in [0, 0.1) is 5.92 Å². The van der Waals surface area contributed by atoms with Crippen molar-refractivity contribution in [3.8, 4) is 0 Å². The van der Waals surface area contributed by atoms with Crippen LogP contribution < -0.4 is 5.32 Å². The average molecular weight is 261 g/mol. The molecular weight excluding hydrogens is 238 g/mol. The molecule has 1 aromatic rings. The maximum Gasteiger partial charge on any atom is 0.320 e. The number of carboxylic acid groups (broad SMARTS) is 1. The molecule has 1 aliphatic carbocycles. The lowest BCUT2D eigenvalue weighted by molar-refractivity contribution is -0.139. The van der Waals surface area contributed by atoms with Gasteiger partial charge in [0.25, 0.3) is 0 Å². The largest absolute Gasteiger partial charge is 0.480 e. The smallest absolute Gasteiger partial charge is 0.320 e. The van der Waals surface area contributed by atoms with Crippen LogP contribution in [0.15, 0.2) is 30.3 Å². The fourth-order valence-corrected chi connectivity index (χ4v) is 2.60. The first-order valence-corrected chi connectivity index (χ1v) is 7.23. The fourth-order valence-electron chi connectivity index (χ4n) is 2.60. The fraction of sp³-hybridized carbons (Fsp3) is 0.562. The summed E-state index contributed by atoms with van der Waals surface area (Å²) < 4.78 is 0. The second-order valence-electron chi connectivity index (χ2n) is 5.45. The highest BCUT2D eigenvalue weighted by molar-refractivity contribution is 5.73. The standard InChI is InChI=1S/C16H23NO2/c1-2-3-9-15(16(18)19)17-11-13-10-14(13)12-7-5-4-6-8-12/h4-8,13-15,17H,2-3,9-11H2,1H3,(H,18,19)/t13-,14-,15-/m0/s1. The molecule has 0 aromatic heterocycles. The summed E-state index contributed by atoms with van der Waals surface area (Å²) in [6.45, 7) is 2.91. The lowest BCUT2D eigenvalue weighted by Gasteiger charge is -2.13. The van der Waals surface area contributed by atoms with E-state index >= 15 is 0 Å². The van der Waals surface area contributed by atoms with E-state index < -0.39 is 5.97 Å². The molecule has 104 valence electrons. The van der Waals surface area contributed by atoms with E-state index in [0.717, 1.165) is 25.8 Å². The zero-order valence-electron chi connectivity index (χ0n) is 11.5. The van der Waals surface area contributed by atoms with Crippen LogP contribution in [0.5, 0.6) is 0 Å². The van der Waals surface area contributed by atoms with Crippen LogP contribution in [0.1, 0.15) is 44.1 Å². The SMILES string of the molecule is CCCC[C@H](NC[C@@H]1C[C@H]1c1ccccc1)C(=O)O. The molecule has 3 nitrogen and oxygen atoms in total. The van der Waals surface area contributed by atoms with Gasteiger partial charge in [-0.15, -0.1) is 0 Å². The van der Waals surface area contributed by atoms with Crippen LogP contribution in [0.4, 0.5) is 0 Å². The Morgan fingerprint density at radius 2 is 2.16 bits per heavy atom. The lowest BCUT2D eigenvalue weighted by atomic mass is 10.1. The normalized spacial score (nSPS) is 23.0. The second kappa shape index (κ2) is 6.71. The molecule has 0 aliphatic heterocycles. The molecule has 1 saturated carbocycles. The first-order valence-electron chi connectivity index (χ1n) is 7.23. The van der Waals surface area contributed by atoms with Crippen LogP contribution in [0.25, 0.3) is 0 Å². The van der Waals surface area contributed by atoms with Crippen molar-refractivity contribution in [2.75, 3.05) is 6.54 Å². The molecule has 1 aliphatic rings. The molecule has 1 fully saturated rings. The van der Waals surface area contributed by atoms with E-state index in [2.05, 4.69) is 36.5 Å². The van der Waals surface area contributed by atoms with Gasteiger partial charge in [-0.1, -0.05) is 50.1 Å². The minimum atomic E-state index is -0.717. The molecule has 3 atom stereocenters. The number of nitrogens with one attached hydrogen (secondary N) is 1. The molecule has 0 bridgehead atoms. The van der Waals surface area contributed by atoms with Crippen LogP contribution in [0.2, 0.25) is 0 Å². The molecule has 0 amide bonds. The van der Waals surface area contributed by atoms with Gasteiger partial charge in [-0.3, -0.25) is 4.79 Å². The van der Waals surface area contributed by atoms with E-state index in [9.17, 15) is 4.79 Å². The number of rotatable bonds is 8. The van der Waals surface area contributed by atoms with Crippen LogP contribution in [-0.2, 0) is 4.79 Å². The summed E-state index contributed by atoms with van der Waals surface area (Å²) in [5.41, 5.74) is 1.38. The Morgan fingerprint density at radius 1 is 1.42 bits per heavy atom. The third-order valence-corrected chi connectivity index (χ3v) is 3.92. The van der Waals surface area contributed by atoms with Gasteiger partial charge in [-0.2, -0.15) is 0 Å². The molecule has 19 heavy (non-hydrogen) atoms.